The molecule has 1 N–H and O–H groups in total. The molecule has 0 radical (unpaired) electrons. The second-order valence-corrected chi connectivity index (χ2v) is 7.14. The highest BCUT2D eigenvalue weighted by Crippen LogP contribution is 2.30. The average molecular weight is 225 g/mol. The van der Waals surface area contributed by atoms with Crippen LogP contribution in [0.15, 0.2) is 0 Å². The van der Waals surface area contributed by atoms with Crippen molar-refractivity contribution in [2.24, 2.45) is 23.2 Å². The van der Waals surface area contributed by atoms with E-state index in [1.807, 2.05) is 0 Å². The van der Waals surface area contributed by atoms with Crippen molar-refractivity contribution in [1.29, 1.82) is 0 Å². The maximum atomic E-state index is 3.80. The van der Waals surface area contributed by atoms with E-state index in [1.54, 1.807) is 0 Å². The van der Waals surface area contributed by atoms with Crippen LogP contribution in [0.1, 0.15) is 60.8 Å². The fourth-order valence-electron chi connectivity index (χ4n) is 2.73. The van der Waals surface area contributed by atoms with Crippen LogP contribution in [0.5, 0.6) is 0 Å². The minimum absolute atomic E-state index is 0.421. The van der Waals surface area contributed by atoms with Crippen molar-refractivity contribution < 1.29 is 0 Å². The summed E-state index contributed by atoms with van der Waals surface area (Å²) in [5.41, 5.74) is 0.421. The molecule has 2 atom stereocenters. The minimum Gasteiger partial charge on any atom is -0.313 e. The van der Waals surface area contributed by atoms with Gasteiger partial charge in [-0.25, -0.2) is 0 Å². The zero-order chi connectivity index (χ0) is 12.3. The van der Waals surface area contributed by atoms with E-state index >= 15 is 0 Å². The molecule has 1 rings (SSSR count). The third-order valence-corrected chi connectivity index (χ3v) is 4.59. The summed E-state index contributed by atoms with van der Waals surface area (Å²) in [5, 5.41) is 3.80. The van der Waals surface area contributed by atoms with Gasteiger partial charge in [-0.3, -0.25) is 0 Å². The average Bonchev–Trinajstić information content (AvgIpc) is 2.13. The van der Waals surface area contributed by atoms with Crippen LogP contribution in [-0.2, 0) is 0 Å². The van der Waals surface area contributed by atoms with E-state index in [0.29, 0.717) is 5.41 Å². The Balaban J connectivity index is 2.37. The predicted octanol–water partition coefficient (Wildman–Crippen LogP) is 4.08. The van der Waals surface area contributed by atoms with E-state index in [9.17, 15) is 0 Å². The summed E-state index contributed by atoms with van der Waals surface area (Å²) in [4.78, 5) is 0. The van der Waals surface area contributed by atoms with E-state index in [0.717, 1.165) is 30.3 Å². The van der Waals surface area contributed by atoms with Crippen molar-refractivity contribution >= 4 is 0 Å². The van der Waals surface area contributed by atoms with Crippen molar-refractivity contribution in [2.45, 2.75) is 66.8 Å². The highest BCUT2D eigenvalue weighted by Gasteiger charge is 2.27. The lowest BCUT2D eigenvalue weighted by Crippen LogP contribution is -2.42. The summed E-state index contributed by atoms with van der Waals surface area (Å²) in [6.07, 6.45) is 4.17. The van der Waals surface area contributed by atoms with Gasteiger partial charge in [0, 0.05) is 12.6 Å². The van der Waals surface area contributed by atoms with E-state index in [2.05, 4.69) is 46.9 Å². The Morgan fingerprint density at radius 2 is 1.56 bits per heavy atom. The minimum atomic E-state index is 0.421. The Bertz CT molecular complexity index is 197. The fourth-order valence-corrected chi connectivity index (χ4v) is 2.73. The van der Waals surface area contributed by atoms with Crippen molar-refractivity contribution in [3.05, 3.63) is 0 Å². The molecular weight excluding hydrogens is 194 g/mol. The van der Waals surface area contributed by atoms with Gasteiger partial charge in [0.15, 0.2) is 0 Å². The SMILES string of the molecule is CC1CC(C)CC(NCC(C)(C)C(C)C)C1. The van der Waals surface area contributed by atoms with Crippen molar-refractivity contribution in [3.8, 4) is 0 Å². The topological polar surface area (TPSA) is 12.0 Å². The lowest BCUT2D eigenvalue weighted by molar-refractivity contribution is 0.188. The first-order valence-corrected chi connectivity index (χ1v) is 7.04. The predicted molar refractivity (Wildman–Crippen MR) is 72.6 cm³/mol. The van der Waals surface area contributed by atoms with Crippen LogP contribution in [0, 0.1) is 23.2 Å². The monoisotopic (exact) mass is 225 g/mol. The van der Waals surface area contributed by atoms with Crippen molar-refractivity contribution in [1.82, 2.24) is 5.32 Å². The molecule has 0 amide bonds. The first kappa shape index (κ1) is 14.0. The van der Waals surface area contributed by atoms with E-state index in [-0.39, 0.29) is 0 Å². The molecule has 0 saturated heterocycles. The van der Waals surface area contributed by atoms with Gasteiger partial charge in [-0.15, -0.1) is 0 Å². The number of hydrogen-bond acceptors (Lipinski definition) is 1. The maximum absolute atomic E-state index is 3.80. The zero-order valence-corrected chi connectivity index (χ0v) is 12.1. The van der Waals surface area contributed by atoms with Crippen LogP contribution in [0.3, 0.4) is 0 Å². The smallest absolute Gasteiger partial charge is 0.00723 e. The van der Waals surface area contributed by atoms with E-state index < -0.39 is 0 Å². The van der Waals surface area contributed by atoms with Gasteiger partial charge in [0.25, 0.3) is 0 Å². The molecule has 0 spiro atoms. The Morgan fingerprint density at radius 3 is 2.00 bits per heavy atom. The standard InChI is InChI=1S/C15H31N/c1-11(2)15(5,6)10-16-14-8-12(3)7-13(4)9-14/h11-14,16H,7-10H2,1-6H3. The van der Waals surface area contributed by atoms with Gasteiger partial charge in [0.2, 0.25) is 0 Å². The largest absolute Gasteiger partial charge is 0.313 e. The molecule has 0 bridgehead atoms. The maximum Gasteiger partial charge on any atom is 0.00723 e. The molecule has 16 heavy (non-hydrogen) atoms. The lowest BCUT2D eigenvalue weighted by atomic mass is 9.78. The third kappa shape index (κ3) is 4.08. The first-order valence-electron chi connectivity index (χ1n) is 7.04. The van der Waals surface area contributed by atoms with Crippen LogP contribution in [0.4, 0.5) is 0 Å². The molecule has 1 fully saturated rings. The van der Waals surface area contributed by atoms with Gasteiger partial charge in [0.1, 0.15) is 0 Å². The summed E-state index contributed by atoms with van der Waals surface area (Å²) >= 11 is 0. The summed E-state index contributed by atoms with van der Waals surface area (Å²) < 4.78 is 0. The number of rotatable bonds is 4. The molecule has 1 saturated carbocycles. The van der Waals surface area contributed by atoms with Crippen molar-refractivity contribution in [2.75, 3.05) is 6.54 Å². The second-order valence-electron chi connectivity index (χ2n) is 7.14. The van der Waals surface area contributed by atoms with Gasteiger partial charge in [-0.1, -0.05) is 41.5 Å². The molecule has 1 aliphatic carbocycles. The van der Waals surface area contributed by atoms with Gasteiger partial charge < -0.3 is 5.32 Å². The normalized spacial score (nSPS) is 32.1. The van der Waals surface area contributed by atoms with Crippen LogP contribution < -0.4 is 5.32 Å². The highest BCUT2D eigenvalue weighted by atomic mass is 14.9. The summed E-state index contributed by atoms with van der Waals surface area (Å²) in [6.45, 7) is 15.4. The molecule has 2 unspecified atom stereocenters. The number of nitrogens with one attached hydrogen (secondary N) is 1. The molecule has 1 nitrogen and oxygen atoms in total. The molecule has 1 aliphatic rings. The molecular formula is C15H31N. The lowest BCUT2D eigenvalue weighted by Gasteiger charge is -2.36. The van der Waals surface area contributed by atoms with E-state index in [1.165, 1.54) is 19.3 Å². The number of hydrogen-bond donors (Lipinski definition) is 1. The summed E-state index contributed by atoms with van der Waals surface area (Å²) in [5.74, 6) is 2.56. The molecule has 0 aliphatic heterocycles. The van der Waals surface area contributed by atoms with Crippen LogP contribution in [-0.4, -0.2) is 12.6 Å². The van der Waals surface area contributed by atoms with Crippen LogP contribution in [0.25, 0.3) is 0 Å². The Hall–Kier alpha value is -0.0400. The molecule has 0 heterocycles. The molecule has 0 aromatic carbocycles. The summed E-state index contributed by atoms with van der Waals surface area (Å²) in [6, 6.07) is 0.761. The van der Waals surface area contributed by atoms with Gasteiger partial charge in [-0.05, 0) is 42.4 Å². The molecule has 96 valence electrons. The quantitative estimate of drug-likeness (QED) is 0.760. The fraction of sp³-hybridized carbons (Fsp3) is 1.00. The second kappa shape index (κ2) is 5.53. The van der Waals surface area contributed by atoms with Crippen molar-refractivity contribution in [3.63, 3.8) is 0 Å². The van der Waals surface area contributed by atoms with Crippen LogP contribution >= 0.6 is 0 Å². The van der Waals surface area contributed by atoms with Gasteiger partial charge in [-0.2, -0.15) is 0 Å². The molecule has 0 aromatic heterocycles. The van der Waals surface area contributed by atoms with Crippen LogP contribution in [0.2, 0.25) is 0 Å². The Morgan fingerprint density at radius 1 is 1.06 bits per heavy atom. The Labute approximate surface area is 102 Å². The first-order chi connectivity index (χ1) is 7.31. The molecule has 1 heteroatoms. The van der Waals surface area contributed by atoms with E-state index in [4.69, 9.17) is 0 Å². The molecule has 0 aromatic rings. The van der Waals surface area contributed by atoms with Gasteiger partial charge in [0.05, 0.1) is 0 Å². The highest BCUT2D eigenvalue weighted by molar-refractivity contribution is 4.83. The third-order valence-electron chi connectivity index (χ3n) is 4.59. The van der Waals surface area contributed by atoms with Gasteiger partial charge >= 0.3 is 0 Å². The summed E-state index contributed by atoms with van der Waals surface area (Å²) in [7, 11) is 0. The Kier molecular flexibility index (Phi) is 4.85. The zero-order valence-electron chi connectivity index (χ0n) is 12.1.